The summed E-state index contributed by atoms with van der Waals surface area (Å²) in [5.74, 6) is 0. The molecule has 0 saturated carbocycles. The highest BCUT2D eigenvalue weighted by Gasteiger charge is 2.15. The van der Waals surface area contributed by atoms with E-state index in [0.29, 0.717) is 6.47 Å². The molecule has 0 spiro atoms. The maximum Gasteiger partial charge on any atom is 0.293 e. The van der Waals surface area contributed by atoms with Crippen LogP contribution in [0.15, 0.2) is 35.7 Å². The molecule has 4 heteroatoms. The first-order valence-electron chi connectivity index (χ1n) is 5.68. The Balaban J connectivity index is 2.26. The van der Waals surface area contributed by atoms with Crippen molar-refractivity contribution in [2.24, 2.45) is 5.73 Å². The first-order chi connectivity index (χ1) is 8.74. The predicted molar refractivity (Wildman–Crippen MR) is 73.4 cm³/mol. The average molecular weight is 261 g/mol. The van der Waals surface area contributed by atoms with Gasteiger partial charge in [0.25, 0.3) is 6.47 Å². The van der Waals surface area contributed by atoms with Crippen molar-refractivity contribution in [1.29, 1.82) is 0 Å². The fraction of sp³-hybridized carbons (Fsp3) is 0.214. The number of thiophene rings is 1. The summed E-state index contributed by atoms with van der Waals surface area (Å²) in [5.41, 5.74) is 9.39. The topological polar surface area (TPSA) is 52.3 Å². The summed E-state index contributed by atoms with van der Waals surface area (Å²) in [5, 5.41) is 2.04. The molecule has 0 amide bonds. The van der Waals surface area contributed by atoms with Gasteiger partial charge in [-0.2, -0.15) is 0 Å². The quantitative estimate of drug-likeness (QED) is 0.842. The van der Waals surface area contributed by atoms with Crippen molar-refractivity contribution in [1.82, 2.24) is 0 Å². The van der Waals surface area contributed by atoms with E-state index in [2.05, 4.69) is 19.1 Å². The van der Waals surface area contributed by atoms with E-state index in [1.54, 1.807) is 11.3 Å². The Morgan fingerprint density at radius 3 is 2.78 bits per heavy atom. The van der Waals surface area contributed by atoms with Crippen LogP contribution in [0.2, 0.25) is 0 Å². The Labute approximate surface area is 110 Å². The summed E-state index contributed by atoms with van der Waals surface area (Å²) in [7, 11) is 0. The maximum absolute atomic E-state index is 10.2. The van der Waals surface area contributed by atoms with E-state index in [4.69, 9.17) is 10.5 Å². The number of nitrogens with two attached hydrogens (primary N) is 1. The normalized spacial score (nSPS) is 12.1. The molecular weight excluding hydrogens is 246 g/mol. The Kier molecular flexibility index (Phi) is 4.12. The van der Waals surface area contributed by atoms with Gasteiger partial charge in [-0.1, -0.05) is 30.3 Å². The zero-order valence-electron chi connectivity index (χ0n) is 10.1. The summed E-state index contributed by atoms with van der Waals surface area (Å²) in [4.78, 5) is 11.4. The van der Waals surface area contributed by atoms with E-state index >= 15 is 0 Å². The molecule has 0 fully saturated rings. The van der Waals surface area contributed by atoms with E-state index in [0.717, 1.165) is 11.1 Å². The first kappa shape index (κ1) is 12.8. The van der Waals surface area contributed by atoms with Crippen LogP contribution >= 0.6 is 11.3 Å². The number of ether oxygens (including phenoxy) is 1. The van der Waals surface area contributed by atoms with Crippen molar-refractivity contribution in [2.45, 2.75) is 13.0 Å². The Bertz CT molecular complexity index is 522. The third-order valence-electron chi connectivity index (χ3n) is 2.86. The van der Waals surface area contributed by atoms with Gasteiger partial charge in [0.15, 0.2) is 0 Å². The number of hydrogen-bond acceptors (Lipinski definition) is 4. The molecule has 2 aromatic rings. The van der Waals surface area contributed by atoms with Crippen molar-refractivity contribution >= 4 is 17.8 Å². The van der Waals surface area contributed by atoms with Crippen molar-refractivity contribution in [3.63, 3.8) is 0 Å². The van der Waals surface area contributed by atoms with Gasteiger partial charge in [-0.25, -0.2) is 0 Å². The Morgan fingerprint density at radius 2 is 2.11 bits per heavy atom. The van der Waals surface area contributed by atoms with Gasteiger partial charge in [-0.05, 0) is 29.0 Å². The van der Waals surface area contributed by atoms with Crippen molar-refractivity contribution in [2.75, 3.05) is 6.61 Å². The predicted octanol–water partition coefficient (Wildman–Crippen LogP) is 2.90. The summed E-state index contributed by atoms with van der Waals surface area (Å²) >= 11 is 1.67. The summed E-state index contributed by atoms with van der Waals surface area (Å²) in [6.45, 7) is 2.70. The molecular formula is C14H15NO2S. The fourth-order valence-electron chi connectivity index (χ4n) is 1.90. The second kappa shape index (κ2) is 5.80. The minimum Gasteiger partial charge on any atom is -0.466 e. The summed E-state index contributed by atoms with van der Waals surface area (Å²) in [6.07, 6.45) is 0. The van der Waals surface area contributed by atoms with Gasteiger partial charge in [0.1, 0.15) is 6.61 Å². The van der Waals surface area contributed by atoms with Crippen LogP contribution in [-0.2, 0) is 9.53 Å². The van der Waals surface area contributed by atoms with Crippen molar-refractivity contribution in [3.05, 3.63) is 46.8 Å². The third-order valence-corrected chi connectivity index (χ3v) is 4.01. The van der Waals surface area contributed by atoms with Gasteiger partial charge in [-0.3, -0.25) is 4.79 Å². The Hall–Kier alpha value is -1.65. The van der Waals surface area contributed by atoms with Crippen LogP contribution in [0.5, 0.6) is 0 Å². The molecule has 94 valence electrons. The molecule has 0 radical (unpaired) electrons. The maximum atomic E-state index is 10.2. The van der Waals surface area contributed by atoms with Gasteiger partial charge >= 0.3 is 0 Å². The molecule has 18 heavy (non-hydrogen) atoms. The van der Waals surface area contributed by atoms with Crippen LogP contribution in [0.25, 0.3) is 10.4 Å². The molecule has 2 N–H and O–H groups in total. The minimum absolute atomic E-state index is 0.218. The number of rotatable bonds is 5. The van der Waals surface area contributed by atoms with Gasteiger partial charge in [0.2, 0.25) is 0 Å². The molecule has 1 unspecified atom stereocenters. The molecule has 1 aromatic heterocycles. The van der Waals surface area contributed by atoms with Crippen LogP contribution in [0.1, 0.15) is 17.2 Å². The lowest BCUT2D eigenvalue weighted by molar-refractivity contribution is -0.129. The molecule has 0 aliphatic rings. The molecule has 3 nitrogen and oxygen atoms in total. The number of carbonyl (C=O) groups excluding carboxylic acids is 1. The van der Waals surface area contributed by atoms with Gasteiger partial charge in [0, 0.05) is 4.88 Å². The Morgan fingerprint density at radius 1 is 1.39 bits per heavy atom. The van der Waals surface area contributed by atoms with Crippen LogP contribution in [0, 0.1) is 6.92 Å². The first-order valence-corrected chi connectivity index (χ1v) is 6.56. The number of hydrogen-bond donors (Lipinski definition) is 1. The van der Waals surface area contributed by atoms with Crippen molar-refractivity contribution in [3.8, 4) is 10.4 Å². The average Bonchev–Trinajstić information content (AvgIpc) is 2.79. The van der Waals surface area contributed by atoms with Crippen LogP contribution in [0.4, 0.5) is 0 Å². The van der Waals surface area contributed by atoms with E-state index in [1.165, 1.54) is 10.4 Å². The lowest BCUT2D eigenvalue weighted by Crippen LogP contribution is -2.16. The van der Waals surface area contributed by atoms with E-state index in [1.807, 2.05) is 23.6 Å². The summed E-state index contributed by atoms with van der Waals surface area (Å²) in [6, 6.07) is 9.93. The monoisotopic (exact) mass is 261 g/mol. The standard InChI is InChI=1S/C14H15NO2S/c1-10-12(13(15)7-17-9-16)8-18-14(10)11-5-3-2-4-6-11/h2-6,8-9,13H,7,15H2,1H3. The third kappa shape index (κ3) is 2.60. The van der Waals surface area contributed by atoms with Gasteiger partial charge in [0.05, 0.1) is 6.04 Å². The number of benzene rings is 1. The zero-order valence-corrected chi connectivity index (χ0v) is 10.9. The van der Waals surface area contributed by atoms with E-state index in [-0.39, 0.29) is 12.6 Å². The smallest absolute Gasteiger partial charge is 0.293 e. The lowest BCUT2D eigenvalue weighted by Gasteiger charge is -2.10. The largest absolute Gasteiger partial charge is 0.466 e. The molecule has 1 heterocycles. The van der Waals surface area contributed by atoms with E-state index < -0.39 is 0 Å². The minimum atomic E-state index is -0.260. The number of carbonyl (C=O) groups is 1. The highest BCUT2D eigenvalue weighted by Crippen LogP contribution is 2.34. The molecule has 2 rings (SSSR count). The molecule has 1 atom stereocenters. The zero-order chi connectivity index (χ0) is 13.0. The fourth-order valence-corrected chi connectivity index (χ4v) is 3.07. The molecule has 0 aliphatic heterocycles. The molecule has 1 aromatic carbocycles. The molecule has 0 saturated heterocycles. The van der Waals surface area contributed by atoms with E-state index in [9.17, 15) is 4.79 Å². The van der Waals surface area contributed by atoms with Gasteiger partial charge in [-0.15, -0.1) is 11.3 Å². The van der Waals surface area contributed by atoms with Gasteiger partial charge < -0.3 is 10.5 Å². The van der Waals surface area contributed by atoms with Crippen LogP contribution in [0.3, 0.4) is 0 Å². The van der Waals surface area contributed by atoms with Crippen LogP contribution < -0.4 is 5.73 Å². The SMILES string of the molecule is Cc1c(C(N)COC=O)csc1-c1ccccc1. The highest BCUT2D eigenvalue weighted by atomic mass is 32.1. The highest BCUT2D eigenvalue weighted by molar-refractivity contribution is 7.14. The second-order valence-corrected chi connectivity index (χ2v) is 4.93. The molecule has 0 bridgehead atoms. The van der Waals surface area contributed by atoms with Crippen molar-refractivity contribution < 1.29 is 9.53 Å². The summed E-state index contributed by atoms with van der Waals surface area (Å²) < 4.78 is 4.72. The van der Waals surface area contributed by atoms with Crippen LogP contribution in [-0.4, -0.2) is 13.1 Å². The molecule has 0 aliphatic carbocycles. The second-order valence-electron chi connectivity index (χ2n) is 4.05. The lowest BCUT2D eigenvalue weighted by atomic mass is 10.0.